The molecule has 0 aliphatic heterocycles. The first-order valence-electron chi connectivity index (χ1n) is 2.61. The van der Waals surface area contributed by atoms with Crippen molar-refractivity contribution < 1.29 is 9.53 Å². The van der Waals surface area contributed by atoms with E-state index in [1.165, 1.54) is 0 Å². The van der Waals surface area contributed by atoms with Gasteiger partial charge in [0.2, 0.25) is 0 Å². The van der Waals surface area contributed by atoms with E-state index in [4.69, 9.17) is 0 Å². The fourth-order valence-corrected chi connectivity index (χ4v) is 0.392. The molecule has 0 fully saturated rings. The Morgan fingerprint density at radius 1 is 1.75 bits per heavy atom. The van der Waals surface area contributed by atoms with Crippen molar-refractivity contribution in [1.82, 2.24) is 0 Å². The topological polar surface area (TPSA) is 26.3 Å². The molecule has 2 nitrogen and oxygen atoms in total. The van der Waals surface area contributed by atoms with Gasteiger partial charge in [0.1, 0.15) is 7.11 Å². The average molecular weight is 115 g/mol. The second-order valence-electron chi connectivity index (χ2n) is 2.11. The molecule has 0 bridgehead atoms. The normalized spacial score (nSPS) is 9.50. The van der Waals surface area contributed by atoms with Crippen molar-refractivity contribution in [3.8, 4) is 0 Å². The lowest BCUT2D eigenvalue weighted by Gasteiger charge is -1.99. The van der Waals surface area contributed by atoms with Crippen LogP contribution < -0.4 is 0 Å². The minimum atomic E-state index is -0.236. The molecule has 47 valence electrons. The van der Waals surface area contributed by atoms with Crippen LogP contribution in [-0.2, 0) is 9.53 Å². The molecule has 1 radical (unpaired) electrons. The Hall–Kier alpha value is -0.530. The minimum absolute atomic E-state index is 0.236. The van der Waals surface area contributed by atoms with Gasteiger partial charge in [0, 0.05) is 6.42 Å². The average Bonchev–Trinajstić information content (AvgIpc) is 1.65. The SMILES string of the molecule is [CH2]OC(=O)CC(C)C. The van der Waals surface area contributed by atoms with Crippen molar-refractivity contribution in [2.75, 3.05) is 0 Å². The van der Waals surface area contributed by atoms with Gasteiger partial charge in [-0.3, -0.25) is 4.79 Å². The first-order chi connectivity index (χ1) is 3.66. The molecule has 0 heterocycles. The molecule has 0 aromatic heterocycles. The first kappa shape index (κ1) is 7.47. The van der Waals surface area contributed by atoms with Crippen molar-refractivity contribution >= 4 is 5.97 Å². The van der Waals surface area contributed by atoms with Gasteiger partial charge in [-0.05, 0) is 5.92 Å². The van der Waals surface area contributed by atoms with Crippen molar-refractivity contribution in [3.63, 3.8) is 0 Å². The van der Waals surface area contributed by atoms with Gasteiger partial charge in [0.25, 0.3) is 0 Å². The number of rotatable bonds is 2. The van der Waals surface area contributed by atoms with Crippen LogP contribution in [-0.4, -0.2) is 5.97 Å². The monoisotopic (exact) mass is 115 g/mol. The van der Waals surface area contributed by atoms with Crippen molar-refractivity contribution in [3.05, 3.63) is 7.11 Å². The Balaban J connectivity index is 3.25. The second-order valence-corrected chi connectivity index (χ2v) is 2.11. The van der Waals surface area contributed by atoms with Gasteiger partial charge in [-0.25, -0.2) is 0 Å². The molecule has 0 aromatic carbocycles. The van der Waals surface area contributed by atoms with E-state index in [1.54, 1.807) is 0 Å². The highest BCUT2D eigenvalue weighted by molar-refractivity contribution is 5.69. The predicted octanol–water partition coefficient (Wildman–Crippen LogP) is 1.37. The highest BCUT2D eigenvalue weighted by Gasteiger charge is 2.01. The molecule has 0 aliphatic rings. The molecule has 0 rings (SSSR count). The van der Waals surface area contributed by atoms with Gasteiger partial charge in [-0.2, -0.15) is 0 Å². The van der Waals surface area contributed by atoms with Crippen LogP contribution in [0.15, 0.2) is 0 Å². The summed E-state index contributed by atoms with van der Waals surface area (Å²) >= 11 is 0. The van der Waals surface area contributed by atoms with Crippen molar-refractivity contribution in [2.45, 2.75) is 20.3 Å². The van der Waals surface area contributed by atoms with Crippen LogP contribution in [0.1, 0.15) is 20.3 Å². The molecule has 0 unspecified atom stereocenters. The molecule has 8 heavy (non-hydrogen) atoms. The summed E-state index contributed by atoms with van der Waals surface area (Å²) in [5.41, 5.74) is 0. The van der Waals surface area contributed by atoms with E-state index in [9.17, 15) is 4.79 Å². The molecule has 0 spiro atoms. The molecule has 0 saturated carbocycles. The van der Waals surface area contributed by atoms with E-state index in [0.717, 1.165) is 0 Å². The summed E-state index contributed by atoms with van der Waals surface area (Å²) in [4.78, 5) is 10.3. The Bertz CT molecular complexity index is 76.6. The summed E-state index contributed by atoms with van der Waals surface area (Å²) in [5, 5.41) is 0. The van der Waals surface area contributed by atoms with Crippen LogP contribution in [0, 0.1) is 13.0 Å². The fraction of sp³-hybridized carbons (Fsp3) is 0.667. The van der Waals surface area contributed by atoms with E-state index in [1.807, 2.05) is 13.8 Å². The number of ether oxygens (including phenoxy) is 1. The maximum Gasteiger partial charge on any atom is 0.306 e. The number of carbonyl (C=O) groups excluding carboxylic acids is 1. The molecule has 0 atom stereocenters. The van der Waals surface area contributed by atoms with E-state index in [-0.39, 0.29) is 5.97 Å². The third-order valence-electron chi connectivity index (χ3n) is 0.736. The summed E-state index contributed by atoms with van der Waals surface area (Å²) in [6, 6.07) is 0. The lowest BCUT2D eigenvalue weighted by molar-refractivity contribution is -0.139. The van der Waals surface area contributed by atoms with E-state index in [0.29, 0.717) is 12.3 Å². The molecule has 0 N–H and O–H groups in total. The molecule has 0 saturated heterocycles. The third kappa shape index (κ3) is 3.65. The summed E-state index contributed by atoms with van der Waals surface area (Å²) in [6.45, 7) is 3.91. The third-order valence-corrected chi connectivity index (χ3v) is 0.736. The van der Waals surface area contributed by atoms with Gasteiger partial charge in [0.05, 0.1) is 0 Å². The second kappa shape index (κ2) is 3.47. The molecule has 0 aliphatic carbocycles. The summed E-state index contributed by atoms with van der Waals surface area (Å²) in [7, 11) is 2.99. The van der Waals surface area contributed by atoms with E-state index < -0.39 is 0 Å². The molecule has 0 amide bonds. The van der Waals surface area contributed by atoms with E-state index in [2.05, 4.69) is 11.8 Å². The number of hydrogen-bond donors (Lipinski definition) is 0. The number of esters is 1. The van der Waals surface area contributed by atoms with Gasteiger partial charge in [-0.1, -0.05) is 13.8 Å². The van der Waals surface area contributed by atoms with Gasteiger partial charge < -0.3 is 4.74 Å². The van der Waals surface area contributed by atoms with Crippen LogP contribution in [0.5, 0.6) is 0 Å². The Morgan fingerprint density at radius 2 is 2.25 bits per heavy atom. The minimum Gasteiger partial charge on any atom is -0.462 e. The summed E-state index contributed by atoms with van der Waals surface area (Å²) in [6.07, 6.45) is 0.462. The van der Waals surface area contributed by atoms with E-state index >= 15 is 0 Å². The zero-order chi connectivity index (χ0) is 6.57. The van der Waals surface area contributed by atoms with Crippen LogP contribution in [0.2, 0.25) is 0 Å². The maximum atomic E-state index is 10.3. The van der Waals surface area contributed by atoms with Gasteiger partial charge in [-0.15, -0.1) is 0 Å². The largest absolute Gasteiger partial charge is 0.462 e. The van der Waals surface area contributed by atoms with Crippen molar-refractivity contribution in [1.29, 1.82) is 0 Å². The fourth-order valence-electron chi connectivity index (χ4n) is 0.392. The molecule has 0 aromatic rings. The smallest absolute Gasteiger partial charge is 0.306 e. The standard InChI is InChI=1S/C6H11O2/c1-5(2)4-6(7)8-3/h5H,3-4H2,1-2H3. The highest BCUT2D eigenvalue weighted by atomic mass is 16.5. The van der Waals surface area contributed by atoms with Crippen LogP contribution >= 0.6 is 0 Å². The molecular formula is C6H11O2. The van der Waals surface area contributed by atoms with Crippen LogP contribution in [0.25, 0.3) is 0 Å². The Morgan fingerprint density at radius 3 is 2.38 bits per heavy atom. The first-order valence-corrected chi connectivity index (χ1v) is 2.61. The maximum absolute atomic E-state index is 10.3. The Kier molecular flexibility index (Phi) is 3.24. The zero-order valence-electron chi connectivity index (χ0n) is 5.31. The molecule has 2 heteroatoms. The summed E-state index contributed by atoms with van der Waals surface area (Å²) in [5.74, 6) is 0.129. The predicted molar refractivity (Wildman–Crippen MR) is 30.9 cm³/mol. The number of carbonyl (C=O) groups is 1. The van der Waals surface area contributed by atoms with Gasteiger partial charge >= 0.3 is 5.97 Å². The quantitative estimate of drug-likeness (QED) is 0.508. The van der Waals surface area contributed by atoms with Crippen molar-refractivity contribution in [2.24, 2.45) is 5.92 Å². The van der Waals surface area contributed by atoms with Crippen LogP contribution in [0.3, 0.4) is 0 Å². The lowest BCUT2D eigenvalue weighted by atomic mass is 10.1. The van der Waals surface area contributed by atoms with Gasteiger partial charge in [0.15, 0.2) is 0 Å². The molecular weight excluding hydrogens is 104 g/mol. The number of hydrogen-bond acceptors (Lipinski definition) is 2. The van der Waals surface area contributed by atoms with Crippen LogP contribution in [0.4, 0.5) is 0 Å². The summed E-state index contributed by atoms with van der Waals surface area (Å²) < 4.78 is 4.17. The lowest BCUT2D eigenvalue weighted by Crippen LogP contribution is -2.02. The zero-order valence-corrected chi connectivity index (χ0v) is 5.31. The Labute approximate surface area is 49.8 Å². The highest BCUT2D eigenvalue weighted by Crippen LogP contribution is 1.99.